The Labute approximate surface area is 114 Å². The van der Waals surface area contributed by atoms with Crippen LogP contribution in [0.1, 0.15) is 24.4 Å². The highest BCUT2D eigenvalue weighted by Gasteiger charge is 2.35. The van der Waals surface area contributed by atoms with Gasteiger partial charge in [-0.1, -0.05) is 0 Å². The van der Waals surface area contributed by atoms with Crippen molar-refractivity contribution in [2.75, 3.05) is 6.61 Å². The zero-order valence-corrected chi connectivity index (χ0v) is 11.3. The maximum atomic E-state index is 11.8. The van der Waals surface area contributed by atoms with Gasteiger partial charge in [-0.15, -0.1) is 0 Å². The number of H-pyrrole nitrogens is 1. The second kappa shape index (κ2) is 5.63. The van der Waals surface area contributed by atoms with Crippen LogP contribution in [0.2, 0.25) is 0 Å². The minimum atomic E-state index is -0.431. The largest absolute Gasteiger partial charge is 0.396 e. The Morgan fingerprint density at radius 1 is 1.58 bits per heavy atom. The van der Waals surface area contributed by atoms with Gasteiger partial charge in [-0.05, 0) is 37.4 Å². The number of nitrogens with one attached hydrogen (secondary N) is 1. The van der Waals surface area contributed by atoms with Gasteiger partial charge in [-0.25, -0.2) is 4.79 Å². The van der Waals surface area contributed by atoms with Crippen molar-refractivity contribution < 1.29 is 5.11 Å². The molecule has 1 saturated carbocycles. The lowest BCUT2D eigenvalue weighted by molar-refractivity contribution is 0.228. The molecule has 2 rings (SSSR count). The molecule has 1 fully saturated rings. The number of thiocyanates is 1. The lowest BCUT2D eigenvalue weighted by Gasteiger charge is -2.13. The van der Waals surface area contributed by atoms with Crippen molar-refractivity contribution in [3.8, 4) is 5.40 Å². The van der Waals surface area contributed by atoms with E-state index < -0.39 is 5.69 Å². The second-order valence-electron chi connectivity index (χ2n) is 4.79. The Balaban J connectivity index is 2.30. The molecule has 7 heteroatoms. The second-order valence-corrected chi connectivity index (χ2v) is 5.82. The number of aliphatic hydroxyl groups is 1. The smallest absolute Gasteiger partial charge is 0.328 e. The molecule has 3 atom stereocenters. The van der Waals surface area contributed by atoms with Gasteiger partial charge in [0, 0.05) is 29.7 Å². The van der Waals surface area contributed by atoms with Crippen LogP contribution in [0.3, 0.4) is 0 Å². The number of nitrogens with zero attached hydrogens (tertiary/aromatic N) is 2. The summed E-state index contributed by atoms with van der Waals surface area (Å²) in [6.07, 6.45) is 2.84. The molecule has 0 bridgehead atoms. The molecule has 102 valence electrons. The fourth-order valence-electron chi connectivity index (χ4n) is 2.55. The maximum Gasteiger partial charge on any atom is 0.328 e. The molecule has 1 aromatic rings. The van der Waals surface area contributed by atoms with Crippen LogP contribution >= 0.6 is 11.8 Å². The van der Waals surface area contributed by atoms with Crippen LogP contribution in [-0.2, 0) is 0 Å². The first-order valence-corrected chi connectivity index (χ1v) is 6.92. The molecular formula is C12H15N3O3S. The third kappa shape index (κ3) is 2.74. The monoisotopic (exact) mass is 281 g/mol. The van der Waals surface area contributed by atoms with E-state index in [2.05, 4.69) is 4.98 Å². The molecule has 1 aliphatic carbocycles. The van der Waals surface area contributed by atoms with E-state index in [0.717, 1.165) is 11.8 Å². The number of rotatable bonds is 3. The summed E-state index contributed by atoms with van der Waals surface area (Å²) < 4.78 is 1.51. The maximum absolute atomic E-state index is 11.8. The Morgan fingerprint density at radius 3 is 2.95 bits per heavy atom. The summed E-state index contributed by atoms with van der Waals surface area (Å²) >= 11 is 1.14. The van der Waals surface area contributed by atoms with Gasteiger partial charge in [-0.2, -0.15) is 5.26 Å². The number of aromatic nitrogens is 2. The molecule has 1 heterocycles. The summed E-state index contributed by atoms with van der Waals surface area (Å²) in [7, 11) is 0. The summed E-state index contributed by atoms with van der Waals surface area (Å²) in [6, 6.07) is -0.0777. The lowest BCUT2D eigenvalue weighted by atomic mass is 10.1. The average molecular weight is 281 g/mol. The van der Waals surface area contributed by atoms with E-state index in [0.29, 0.717) is 18.4 Å². The van der Waals surface area contributed by atoms with Gasteiger partial charge in [0.15, 0.2) is 0 Å². The first-order chi connectivity index (χ1) is 9.06. The van der Waals surface area contributed by atoms with Crippen molar-refractivity contribution >= 4 is 11.8 Å². The van der Waals surface area contributed by atoms with Gasteiger partial charge in [0.2, 0.25) is 0 Å². The first kappa shape index (κ1) is 13.9. The van der Waals surface area contributed by atoms with Crippen molar-refractivity contribution in [3.63, 3.8) is 0 Å². The predicted molar refractivity (Wildman–Crippen MR) is 71.9 cm³/mol. The molecule has 0 unspecified atom stereocenters. The lowest BCUT2D eigenvalue weighted by Crippen LogP contribution is -2.32. The third-order valence-corrected chi connectivity index (χ3v) is 4.57. The molecule has 0 saturated heterocycles. The van der Waals surface area contributed by atoms with Gasteiger partial charge in [0.25, 0.3) is 5.56 Å². The molecule has 19 heavy (non-hydrogen) atoms. The molecule has 1 aliphatic rings. The summed E-state index contributed by atoms with van der Waals surface area (Å²) in [5, 5.41) is 20.1. The number of thioether (sulfide) groups is 1. The third-order valence-electron chi connectivity index (χ3n) is 3.58. The number of aromatic amines is 1. The molecule has 0 aromatic carbocycles. The molecule has 6 nitrogen and oxygen atoms in total. The Bertz CT molecular complexity index is 616. The summed E-state index contributed by atoms with van der Waals surface area (Å²) in [4.78, 5) is 25.4. The van der Waals surface area contributed by atoms with Crippen molar-refractivity contribution in [2.24, 2.45) is 5.92 Å². The van der Waals surface area contributed by atoms with E-state index in [1.54, 1.807) is 13.1 Å². The highest BCUT2D eigenvalue weighted by atomic mass is 32.2. The van der Waals surface area contributed by atoms with Gasteiger partial charge in [-0.3, -0.25) is 14.3 Å². The fraction of sp³-hybridized carbons (Fsp3) is 0.583. The Kier molecular flexibility index (Phi) is 4.12. The number of nitriles is 1. The van der Waals surface area contributed by atoms with E-state index in [1.807, 2.05) is 5.40 Å². The Morgan fingerprint density at radius 2 is 2.32 bits per heavy atom. The van der Waals surface area contributed by atoms with Gasteiger partial charge < -0.3 is 5.11 Å². The first-order valence-electron chi connectivity index (χ1n) is 6.04. The molecule has 2 N–H and O–H groups in total. The number of hydrogen-bond acceptors (Lipinski definition) is 5. The SMILES string of the molecule is Cc1cn([C@@H]2C[C@H](CO)[C@@H](SC#N)C2)c(=O)[nH]c1=O. The van der Waals surface area contributed by atoms with E-state index in [9.17, 15) is 14.7 Å². The average Bonchev–Trinajstić information content (AvgIpc) is 2.77. The van der Waals surface area contributed by atoms with Gasteiger partial charge >= 0.3 is 5.69 Å². The fourth-order valence-corrected chi connectivity index (χ4v) is 3.39. The van der Waals surface area contributed by atoms with Crippen LogP contribution in [0.25, 0.3) is 0 Å². The minimum absolute atomic E-state index is 0.00688. The van der Waals surface area contributed by atoms with E-state index in [4.69, 9.17) is 5.26 Å². The van der Waals surface area contributed by atoms with Crippen molar-refractivity contribution in [1.29, 1.82) is 5.26 Å². The molecular weight excluding hydrogens is 266 g/mol. The van der Waals surface area contributed by atoms with Crippen molar-refractivity contribution in [1.82, 2.24) is 9.55 Å². The highest BCUT2D eigenvalue weighted by Crippen LogP contribution is 2.40. The van der Waals surface area contributed by atoms with Crippen LogP contribution in [0.4, 0.5) is 0 Å². The van der Waals surface area contributed by atoms with Crippen molar-refractivity contribution in [2.45, 2.75) is 31.1 Å². The highest BCUT2D eigenvalue weighted by molar-refractivity contribution is 8.04. The molecule has 0 aliphatic heterocycles. The van der Waals surface area contributed by atoms with Crippen molar-refractivity contribution in [3.05, 3.63) is 32.6 Å². The zero-order chi connectivity index (χ0) is 14.0. The summed E-state index contributed by atoms with van der Waals surface area (Å²) in [6.45, 7) is 1.65. The Hall–Kier alpha value is -1.52. The summed E-state index contributed by atoms with van der Waals surface area (Å²) in [5.41, 5.74) is -0.322. The minimum Gasteiger partial charge on any atom is -0.396 e. The van der Waals surface area contributed by atoms with Gasteiger partial charge in [0.05, 0.1) is 0 Å². The number of aliphatic hydroxyl groups excluding tert-OH is 1. The van der Waals surface area contributed by atoms with E-state index >= 15 is 0 Å². The van der Waals surface area contributed by atoms with Crippen LogP contribution in [-0.4, -0.2) is 26.5 Å². The predicted octanol–water partition coefficient (Wildman–Crippen LogP) is 0.371. The molecule has 0 spiro atoms. The zero-order valence-electron chi connectivity index (χ0n) is 10.5. The van der Waals surface area contributed by atoms with Crippen LogP contribution in [0.15, 0.2) is 15.8 Å². The van der Waals surface area contributed by atoms with E-state index in [1.165, 1.54) is 4.57 Å². The molecule has 0 radical (unpaired) electrons. The molecule has 1 aromatic heterocycles. The normalized spacial score (nSPS) is 26.3. The number of hydrogen-bond donors (Lipinski definition) is 2. The number of aryl methyl sites for hydroxylation is 1. The molecule has 0 amide bonds. The van der Waals surface area contributed by atoms with Crippen LogP contribution in [0.5, 0.6) is 0 Å². The summed E-state index contributed by atoms with van der Waals surface area (Å²) in [5.74, 6) is 0.00813. The quantitative estimate of drug-likeness (QED) is 0.780. The van der Waals surface area contributed by atoms with Crippen LogP contribution < -0.4 is 11.2 Å². The van der Waals surface area contributed by atoms with Crippen LogP contribution in [0, 0.1) is 23.5 Å². The van der Waals surface area contributed by atoms with Gasteiger partial charge in [0.1, 0.15) is 5.40 Å². The standard InChI is InChI=1S/C12H15N3O3S/c1-7-4-15(12(18)14-11(7)17)9-2-8(5-16)10(3-9)19-6-13/h4,8-10,16H,2-3,5H2,1H3,(H,14,17,18)/t8-,9-,10+/m1/s1. The van der Waals surface area contributed by atoms with E-state index in [-0.39, 0.29) is 29.4 Å². The topological polar surface area (TPSA) is 98.9 Å².